The van der Waals surface area contributed by atoms with Gasteiger partial charge >= 0.3 is 12.0 Å². The van der Waals surface area contributed by atoms with E-state index in [9.17, 15) is 9.59 Å². The number of carboxylic acid groups (broad SMARTS) is 1. The Balaban J connectivity index is 4.88. The molecule has 0 fully saturated rings. The second kappa shape index (κ2) is 5.21. The van der Waals surface area contributed by atoms with Crippen LogP contribution >= 0.6 is 0 Å². The molecule has 2 N–H and O–H groups in total. The number of amides is 2. The van der Waals surface area contributed by atoms with Crippen molar-refractivity contribution in [3.63, 3.8) is 0 Å². The average Bonchev–Trinajstić information content (AvgIpc) is 2.10. The first-order valence-corrected chi connectivity index (χ1v) is 5.46. The van der Waals surface area contributed by atoms with E-state index in [1.54, 1.807) is 6.08 Å². The molecular formula is C12H22N2O3. The molecule has 0 aliphatic heterocycles. The molecule has 0 radical (unpaired) electrons. The lowest BCUT2D eigenvalue weighted by Gasteiger charge is -2.36. The Morgan fingerprint density at radius 3 is 2.06 bits per heavy atom. The smallest absolute Gasteiger partial charge is 0.328 e. The SMILES string of the molecule is C=CCN(C(=O)NC(C)(C)C(=O)O)C(C)(C)C. The predicted molar refractivity (Wildman–Crippen MR) is 66.9 cm³/mol. The lowest BCUT2D eigenvalue weighted by Crippen LogP contribution is -2.58. The van der Waals surface area contributed by atoms with E-state index in [-0.39, 0.29) is 0 Å². The molecule has 5 heteroatoms. The van der Waals surface area contributed by atoms with Crippen molar-refractivity contribution in [3.05, 3.63) is 12.7 Å². The van der Waals surface area contributed by atoms with Crippen LogP contribution in [0, 0.1) is 0 Å². The Labute approximate surface area is 102 Å². The van der Waals surface area contributed by atoms with Gasteiger partial charge in [0.05, 0.1) is 0 Å². The van der Waals surface area contributed by atoms with E-state index in [4.69, 9.17) is 5.11 Å². The number of nitrogens with zero attached hydrogens (tertiary/aromatic N) is 1. The fraction of sp³-hybridized carbons (Fsp3) is 0.667. The first-order valence-electron chi connectivity index (χ1n) is 5.46. The van der Waals surface area contributed by atoms with Crippen molar-refractivity contribution in [3.8, 4) is 0 Å². The number of nitrogens with one attached hydrogen (secondary N) is 1. The van der Waals surface area contributed by atoms with Crippen LogP contribution in [0.4, 0.5) is 4.79 Å². The van der Waals surface area contributed by atoms with Crippen molar-refractivity contribution < 1.29 is 14.7 Å². The molecule has 0 aromatic heterocycles. The summed E-state index contributed by atoms with van der Waals surface area (Å²) < 4.78 is 0. The van der Waals surface area contributed by atoms with E-state index < -0.39 is 23.1 Å². The van der Waals surface area contributed by atoms with Gasteiger partial charge in [-0.05, 0) is 34.6 Å². The Morgan fingerprint density at radius 2 is 1.76 bits per heavy atom. The zero-order chi connectivity index (χ0) is 13.9. The van der Waals surface area contributed by atoms with E-state index in [0.717, 1.165) is 0 Å². The fourth-order valence-corrected chi connectivity index (χ4v) is 1.18. The lowest BCUT2D eigenvalue weighted by atomic mass is 10.0. The van der Waals surface area contributed by atoms with Gasteiger partial charge in [0.2, 0.25) is 0 Å². The van der Waals surface area contributed by atoms with E-state index in [1.807, 2.05) is 20.8 Å². The number of rotatable bonds is 4. The van der Waals surface area contributed by atoms with Gasteiger partial charge in [0, 0.05) is 12.1 Å². The molecule has 2 amide bonds. The molecule has 0 spiro atoms. The standard InChI is InChI=1S/C12H22N2O3/c1-7-8-14(11(2,3)4)10(17)13-12(5,6)9(15)16/h7H,1,8H2,2-6H3,(H,13,17)(H,15,16). The molecule has 0 aliphatic rings. The maximum atomic E-state index is 12.0. The third kappa shape index (κ3) is 4.46. The Hall–Kier alpha value is -1.52. The summed E-state index contributed by atoms with van der Waals surface area (Å²) in [6.07, 6.45) is 1.61. The van der Waals surface area contributed by atoms with Crippen LogP contribution in [0.25, 0.3) is 0 Å². The first-order chi connectivity index (χ1) is 7.52. The molecule has 0 rings (SSSR count). The van der Waals surface area contributed by atoms with Gasteiger partial charge in [-0.3, -0.25) is 0 Å². The maximum absolute atomic E-state index is 12.0. The monoisotopic (exact) mass is 242 g/mol. The quantitative estimate of drug-likeness (QED) is 0.739. The second-order valence-corrected chi connectivity index (χ2v) is 5.43. The molecule has 0 heterocycles. The molecule has 0 bridgehead atoms. The van der Waals surface area contributed by atoms with Crippen molar-refractivity contribution >= 4 is 12.0 Å². The van der Waals surface area contributed by atoms with Crippen molar-refractivity contribution in [1.82, 2.24) is 10.2 Å². The number of hydrogen-bond donors (Lipinski definition) is 2. The minimum atomic E-state index is -1.29. The van der Waals surface area contributed by atoms with E-state index in [2.05, 4.69) is 11.9 Å². The third-order valence-electron chi connectivity index (χ3n) is 2.32. The highest BCUT2D eigenvalue weighted by Crippen LogP contribution is 2.14. The van der Waals surface area contributed by atoms with Crippen LogP contribution in [0.2, 0.25) is 0 Å². The van der Waals surface area contributed by atoms with Crippen LogP contribution in [0.15, 0.2) is 12.7 Å². The minimum Gasteiger partial charge on any atom is -0.480 e. The largest absolute Gasteiger partial charge is 0.480 e. The summed E-state index contributed by atoms with van der Waals surface area (Å²) in [5.41, 5.74) is -1.69. The molecule has 17 heavy (non-hydrogen) atoms. The average molecular weight is 242 g/mol. The summed E-state index contributed by atoms with van der Waals surface area (Å²) in [5.74, 6) is -1.07. The molecule has 0 aromatic rings. The zero-order valence-corrected chi connectivity index (χ0v) is 11.2. The highest BCUT2D eigenvalue weighted by atomic mass is 16.4. The van der Waals surface area contributed by atoms with Crippen molar-refractivity contribution in [2.24, 2.45) is 0 Å². The Morgan fingerprint density at radius 1 is 1.29 bits per heavy atom. The second-order valence-electron chi connectivity index (χ2n) is 5.43. The Bertz CT molecular complexity index is 316. The Kier molecular flexibility index (Phi) is 4.74. The number of carboxylic acids is 1. The summed E-state index contributed by atoms with van der Waals surface area (Å²) in [4.78, 5) is 24.5. The van der Waals surface area contributed by atoms with Crippen LogP contribution in [-0.4, -0.2) is 39.6 Å². The van der Waals surface area contributed by atoms with Crippen molar-refractivity contribution in [2.75, 3.05) is 6.54 Å². The summed E-state index contributed by atoms with van der Waals surface area (Å²) in [6.45, 7) is 12.5. The number of aliphatic carboxylic acids is 1. The molecule has 0 saturated carbocycles. The van der Waals surface area contributed by atoms with Gasteiger partial charge in [-0.25, -0.2) is 9.59 Å². The lowest BCUT2D eigenvalue weighted by molar-refractivity contribution is -0.143. The van der Waals surface area contributed by atoms with Crippen molar-refractivity contribution in [2.45, 2.75) is 45.7 Å². The topological polar surface area (TPSA) is 69.6 Å². The molecule has 0 aliphatic carbocycles. The molecule has 98 valence electrons. The van der Waals surface area contributed by atoms with Crippen LogP contribution in [0.3, 0.4) is 0 Å². The molecule has 5 nitrogen and oxygen atoms in total. The van der Waals surface area contributed by atoms with Gasteiger partial charge in [0.1, 0.15) is 5.54 Å². The van der Waals surface area contributed by atoms with E-state index >= 15 is 0 Å². The van der Waals surface area contributed by atoms with E-state index in [0.29, 0.717) is 6.54 Å². The number of carbonyl (C=O) groups excluding carboxylic acids is 1. The van der Waals surface area contributed by atoms with Gasteiger partial charge in [-0.1, -0.05) is 6.08 Å². The summed E-state index contributed by atoms with van der Waals surface area (Å²) in [5, 5.41) is 11.4. The van der Waals surface area contributed by atoms with Gasteiger partial charge in [-0.2, -0.15) is 0 Å². The number of carbonyl (C=O) groups is 2. The predicted octanol–water partition coefficient (Wildman–Crippen LogP) is 1.85. The zero-order valence-electron chi connectivity index (χ0n) is 11.2. The molecular weight excluding hydrogens is 220 g/mol. The first kappa shape index (κ1) is 15.5. The third-order valence-corrected chi connectivity index (χ3v) is 2.32. The summed E-state index contributed by atoms with van der Waals surface area (Å²) in [6, 6.07) is -0.412. The normalized spacial score (nSPS) is 11.8. The van der Waals surface area contributed by atoms with Crippen LogP contribution in [0.5, 0.6) is 0 Å². The van der Waals surface area contributed by atoms with Gasteiger partial charge in [0.25, 0.3) is 0 Å². The van der Waals surface area contributed by atoms with Crippen molar-refractivity contribution in [1.29, 1.82) is 0 Å². The fourth-order valence-electron chi connectivity index (χ4n) is 1.18. The molecule has 0 unspecified atom stereocenters. The van der Waals surface area contributed by atoms with Gasteiger partial charge < -0.3 is 15.3 Å². The highest BCUT2D eigenvalue weighted by molar-refractivity contribution is 5.85. The molecule has 0 aromatic carbocycles. The minimum absolute atomic E-state index is 0.366. The van der Waals surface area contributed by atoms with Crippen LogP contribution < -0.4 is 5.32 Å². The van der Waals surface area contributed by atoms with Crippen LogP contribution in [0.1, 0.15) is 34.6 Å². The molecule has 0 saturated heterocycles. The van der Waals surface area contributed by atoms with Gasteiger partial charge in [-0.15, -0.1) is 6.58 Å². The summed E-state index contributed by atoms with van der Waals surface area (Å²) in [7, 11) is 0. The number of hydrogen-bond acceptors (Lipinski definition) is 2. The van der Waals surface area contributed by atoms with Gasteiger partial charge in [0.15, 0.2) is 0 Å². The van der Waals surface area contributed by atoms with E-state index in [1.165, 1.54) is 18.7 Å². The highest BCUT2D eigenvalue weighted by Gasteiger charge is 2.33. The van der Waals surface area contributed by atoms with Crippen LogP contribution in [-0.2, 0) is 4.79 Å². The molecule has 0 atom stereocenters. The maximum Gasteiger partial charge on any atom is 0.328 e. The number of urea groups is 1. The summed E-state index contributed by atoms with van der Waals surface area (Å²) >= 11 is 0.